The highest BCUT2D eigenvalue weighted by molar-refractivity contribution is 6.16. The van der Waals surface area contributed by atoms with Gasteiger partial charge in [0.25, 0.3) is 0 Å². The fourth-order valence-corrected chi connectivity index (χ4v) is 6.09. The maximum Gasteiger partial charge on any atom is 0.240 e. The molecule has 45 heavy (non-hydrogen) atoms. The molecule has 232 valence electrons. The number of ether oxygens (including phenoxy) is 4. The molecule has 3 fully saturated rings. The maximum atomic E-state index is 15.3. The quantitative estimate of drug-likeness (QED) is 0.189. The third-order valence-electron chi connectivity index (χ3n) is 9.15. The van der Waals surface area contributed by atoms with Crippen LogP contribution in [0.25, 0.3) is 10.9 Å². The van der Waals surface area contributed by atoms with Gasteiger partial charge in [0.05, 0.1) is 18.7 Å². The van der Waals surface area contributed by atoms with Gasteiger partial charge in [-0.1, -0.05) is 18.2 Å². The summed E-state index contributed by atoms with van der Waals surface area (Å²) < 4.78 is 39.1. The number of halogens is 1. The van der Waals surface area contributed by atoms with E-state index in [1.807, 2.05) is 6.07 Å². The van der Waals surface area contributed by atoms with Crippen LogP contribution in [0.3, 0.4) is 0 Å². The van der Waals surface area contributed by atoms with Crippen molar-refractivity contribution in [2.24, 2.45) is 10.8 Å². The molecule has 3 aliphatic rings. The zero-order valence-electron chi connectivity index (χ0n) is 24.9. The number of carbonyl (C=O) groups is 2. The summed E-state index contributed by atoms with van der Waals surface area (Å²) in [6.45, 7) is 1.19. The molecule has 1 aromatic heterocycles. The van der Waals surface area contributed by atoms with Crippen LogP contribution in [0.5, 0.6) is 23.0 Å². The van der Waals surface area contributed by atoms with Gasteiger partial charge in [0.1, 0.15) is 17.8 Å². The molecule has 1 unspecified atom stereocenters. The van der Waals surface area contributed by atoms with Gasteiger partial charge >= 0.3 is 0 Å². The fraction of sp³-hybridized carbons (Fsp3) is 0.343. The number of nitrogens with one attached hydrogen (secondary N) is 2. The van der Waals surface area contributed by atoms with E-state index < -0.39 is 17.1 Å². The lowest BCUT2D eigenvalue weighted by Crippen LogP contribution is -2.36. The van der Waals surface area contributed by atoms with Crippen molar-refractivity contribution in [2.45, 2.75) is 44.6 Å². The van der Waals surface area contributed by atoms with Crippen LogP contribution in [0.15, 0.2) is 72.9 Å². The van der Waals surface area contributed by atoms with Crippen LogP contribution < -0.4 is 24.8 Å². The number of aromatic nitrogens is 1. The van der Waals surface area contributed by atoms with Gasteiger partial charge in [-0.3, -0.25) is 14.6 Å². The van der Waals surface area contributed by atoms with Crippen LogP contribution in [0, 0.1) is 16.6 Å². The first-order valence-electron chi connectivity index (χ1n) is 15.3. The summed E-state index contributed by atoms with van der Waals surface area (Å²) >= 11 is 0. The van der Waals surface area contributed by atoms with Crippen molar-refractivity contribution >= 4 is 34.1 Å². The highest BCUT2D eigenvalue weighted by Crippen LogP contribution is 2.55. The maximum absolute atomic E-state index is 15.3. The first kappa shape index (κ1) is 29.0. The molecule has 2 amide bonds. The Bertz CT molecular complexity index is 1760. The number of methoxy groups -OCH3 is 1. The van der Waals surface area contributed by atoms with Crippen LogP contribution >= 0.6 is 0 Å². The Labute approximate surface area is 260 Å². The summed E-state index contributed by atoms with van der Waals surface area (Å²) in [5.74, 6) is -0.133. The molecule has 1 saturated heterocycles. The van der Waals surface area contributed by atoms with E-state index in [-0.39, 0.29) is 28.9 Å². The zero-order valence-corrected chi connectivity index (χ0v) is 24.9. The van der Waals surface area contributed by atoms with E-state index in [9.17, 15) is 9.59 Å². The molecule has 9 nitrogen and oxygen atoms in total. The first-order valence-corrected chi connectivity index (χ1v) is 15.3. The van der Waals surface area contributed by atoms with Crippen molar-refractivity contribution in [2.75, 3.05) is 31.0 Å². The Hall–Kier alpha value is -4.70. The average Bonchev–Trinajstić information content (AvgIpc) is 3.99. The van der Waals surface area contributed by atoms with E-state index in [2.05, 4.69) is 15.6 Å². The topological polar surface area (TPSA) is 108 Å². The standard InChI is InChI=1S/C35H34FN3O6/c1-42-29-19-24-26(20-30(29)44-21-31-34(12-13-34)11-5-17-43-31)37-16-10-27(24)45-28-9-8-23(18-25(28)36)39-33(41)35(14-15-35)32(40)38-22-6-3-2-4-7-22/h2-4,6-10,16,18-20,31H,5,11-15,17,21H2,1H3,(H,38,40)(H,39,41). The molecule has 2 N–H and O–H groups in total. The number of carbonyl (C=O) groups excluding carboxylic acids is 2. The number of anilines is 2. The summed E-state index contributed by atoms with van der Waals surface area (Å²) in [4.78, 5) is 30.4. The number of amides is 2. The third-order valence-corrected chi connectivity index (χ3v) is 9.15. The Morgan fingerprint density at radius 1 is 0.889 bits per heavy atom. The molecular formula is C35H34FN3O6. The van der Waals surface area contributed by atoms with Crippen LogP contribution in [-0.2, 0) is 14.3 Å². The van der Waals surface area contributed by atoms with Crippen LogP contribution in [0.2, 0.25) is 0 Å². The normalized spacial score (nSPS) is 19.0. The molecule has 1 aliphatic heterocycles. The molecule has 1 spiro atoms. The molecule has 10 heteroatoms. The zero-order chi connectivity index (χ0) is 31.0. The fourth-order valence-electron chi connectivity index (χ4n) is 6.09. The van der Waals surface area contributed by atoms with E-state index in [4.69, 9.17) is 18.9 Å². The van der Waals surface area contributed by atoms with E-state index in [1.54, 1.807) is 55.8 Å². The lowest BCUT2D eigenvalue weighted by atomic mass is 9.91. The third kappa shape index (κ3) is 5.78. The van der Waals surface area contributed by atoms with Crippen LogP contribution in [0.1, 0.15) is 38.5 Å². The summed E-state index contributed by atoms with van der Waals surface area (Å²) in [7, 11) is 1.56. The SMILES string of the molecule is COc1cc2c(Oc3ccc(NC(=O)C4(C(=O)Nc5ccccc5)CC4)cc3F)ccnc2cc1OCC1OCCCC12CC2. The summed E-state index contributed by atoms with van der Waals surface area (Å²) in [5.41, 5.74) is 0.505. The molecule has 2 heterocycles. The Kier molecular flexibility index (Phi) is 7.53. The largest absolute Gasteiger partial charge is 0.493 e. The molecule has 1 atom stereocenters. The molecule has 0 radical (unpaired) electrons. The number of para-hydroxylation sites is 1. The van der Waals surface area contributed by atoms with E-state index in [0.717, 1.165) is 13.0 Å². The van der Waals surface area contributed by atoms with Crippen molar-refractivity contribution < 1.29 is 32.9 Å². The number of fused-ring (bicyclic) bond motifs is 1. The summed E-state index contributed by atoms with van der Waals surface area (Å²) in [6, 6.07) is 18.3. The highest BCUT2D eigenvalue weighted by Gasteiger charge is 2.56. The van der Waals surface area contributed by atoms with Crippen LogP contribution in [-0.4, -0.2) is 43.2 Å². The summed E-state index contributed by atoms with van der Waals surface area (Å²) in [6.07, 6.45) is 7.10. The summed E-state index contributed by atoms with van der Waals surface area (Å²) in [5, 5.41) is 6.10. The number of pyridine rings is 1. The molecule has 7 rings (SSSR count). The number of benzene rings is 3. The minimum Gasteiger partial charge on any atom is -0.493 e. The number of rotatable bonds is 10. The second-order valence-electron chi connectivity index (χ2n) is 12.1. The van der Waals surface area contributed by atoms with Gasteiger partial charge in [0, 0.05) is 47.1 Å². The van der Waals surface area contributed by atoms with Crippen LogP contribution in [0.4, 0.5) is 15.8 Å². The Morgan fingerprint density at radius 3 is 2.38 bits per heavy atom. The molecular weight excluding hydrogens is 577 g/mol. The molecule has 0 bridgehead atoms. The van der Waals surface area contributed by atoms with Crippen molar-refractivity contribution in [3.8, 4) is 23.0 Å². The van der Waals surface area contributed by atoms with E-state index in [1.165, 1.54) is 37.5 Å². The second-order valence-corrected chi connectivity index (χ2v) is 12.1. The van der Waals surface area contributed by atoms with Gasteiger partial charge in [-0.25, -0.2) is 4.39 Å². The van der Waals surface area contributed by atoms with Crippen molar-refractivity contribution in [1.82, 2.24) is 4.98 Å². The van der Waals surface area contributed by atoms with E-state index in [0.29, 0.717) is 53.3 Å². The predicted octanol–water partition coefficient (Wildman–Crippen LogP) is 6.87. The molecule has 3 aromatic carbocycles. The predicted molar refractivity (Wildman–Crippen MR) is 166 cm³/mol. The van der Waals surface area contributed by atoms with Gasteiger partial charge < -0.3 is 29.6 Å². The monoisotopic (exact) mass is 611 g/mol. The van der Waals surface area contributed by atoms with Gasteiger partial charge in [-0.15, -0.1) is 0 Å². The first-order chi connectivity index (χ1) is 21.9. The number of nitrogens with zero attached hydrogens (tertiary/aromatic N) is 1. The number of hydrogen-bond acceptors (Lipinski definition) is 7. The lowest BCUT2D eigenvalue weighted by molar-refractivity contribution is -0.131. The molecule has 4 aromatic rings. The van der Waals surface area contributed by atoms with Crippen molar-refractivity contribution in [3.05, 3.63) is 78.7 Å². The molecule has 2 saturated carbocycles. The van der Waals surface area contributed by atoms with E-state index >= 15 is 4.39 Å². The smallest absolute Gasteiger partial charge is 0.240 e. The molecule has 2 aliphatic carbocycles. The van der Waals surface area contributed by atoms with Gasteiger partial charge in [0.15, 0.2) is 23.1 Å². The van der Waals surface area contributed by atoms with Gasteiger partial charge in [-0.05, 0) is 74.9 Å². The Morgan fingerprint density at radius 2 is 1.67 bits per heavy atom. The average molecular weight is 612 g/mol. The van der Waals surface area contributed by atoms with Crippen molar-refractivity contribution in [3.63, 3.8) is 0 Å². The van der Waals surface area contributed by atoms with Crippen molar-refractivity contribution in [1.29, 1.82) is 0 Å². The minimum atomic E-state index is -1.18. The highest BCUT2D eigenvalue weighted by atomic mass is 19.1. The van der Waals surface area contributed by atoms with Gasteiger partial charge in [-0.2, -0.15) is 0 Å². The lowest BCUT2D eigenvalue weighted by Gasteiger charge is -2.31. The van der Waals surface area contributed by atoms with Gasteiger partial charge in [0.2, 0.25) is 11.8 Å². The number of hydrogen-bond donors (Lipinski definition) is 2. The Balaban J connectivity index is 1.04. The second kappa shape index (κ2) is 11.7. The minimum absolute atomic E-state index is 0.0353.